The zero-order valence-electron chi connectivity index (χ0n) is 17.6. The molecule has 0 aromatic heterocycles. The molecule has 2 aromatic carbocycles. The highest BCUT2D eigenvalue weighted by atomic mass is 16.6. The zero-order chi connectivity index (χ0) is 21.4. The molecule has 6 heteroatoms. The molecule has 154 valence electrons. The van der Waals surface area contributed by atoms with Crippen LogP contribution in [0.3, 0.4) is 0 Å². The molecule has 0 heterocycles. The van der Waals surface area contributed by atoms with E-state index < -0.39 is 5.60 Å². The maximum absolute atomic E-state index is 11.9. The molecule has 2 rings (SSSR count). The lowest BCUT2D eigenvalue weighted by atomic mass is 10.1. The van der Waals surface area contributed by atoms with E-state index in [0.717, 1.165) is 0 Å². The summed E-state index contributed by atoms with van der Waals surface area (Å²) in [6.07, 6.45) is 0. The van der Waals surface area contributed by atoms with Gasteiger partial charge in [0.15, 0.2) is 0 Å². The van der Waals surface area contributed by atoms with Gasteiger partial charge in [0.05, 0.1) is 0 Å². The maximum Gasteiger partial charge on any atom is 0.323 e. The average Bonchev–Trinajstić information content (AvgIpc) is 2.71. The highest BCUT2D eigenvalue weighted by Gasteiger charge is 2.20. The van der Waals surface area contributed by atoms with Gasteiger partial charge in [0.2, 0.25) is 0 Å². The monoisotopic (exact) mass is 388 g/mol. The molecule has 2 aromatic rings. The molecule has 0 aliphatic carbocycles. The molecule has 0 radical (unpaired) electrons. The average molecular weight is 389 g/mol. The van der Waals surface area contributed by atoms with Crippen LogP contribution >= 0.6 is 0 Å². The molecule has 0 fully saturated rings. The molecule has 6 nitrogen and oxygen atoms in total. The maximum atomic E-state index is 11.9. The fourth-order valence-corrected chi connectivity index (χ4v) is 2.00. The first-order valence-electron chi connectivity index (χ1n) is 9.46. The third-order valence-corrected chi connectivity index (χ3v) is 3.04. The zero-order valence-corrected chi connectivity index (χ0v) is 17.6. The summed E-state index contributed by atoms with van der Waals surface area (Å²) in [5.74, 6) is 0.614. The molecular weight excluding hydrogens is 356 g/mol. The Morgan fingerprint density at radius 2 is 1.39 bits per heavy atom. The normalized spacial score (nSPS) is 9.50. The number of carbonyl (C=O) groups is 2. The predicted molar refractivity (Wildman–Crippen MR) is 115 cm³/mol. The largest absolute Gasteiger partial charge is 0.484 e. The minimum Gasteiger partial charge on any atom is -0.484 e. The van der Waals surface area contributed by atoms with Crippen molar-refractivity contribution in [3.05, 3.63) is 54.6 Å². The van der Waals surface area contributed by atoms with Crippen LogP contribution in [0.4, 0.5) is 16.2 Å². The molecule has 0 saturated carbocycles. The van der Waals surface area contributed by atoms with Crippen LogP contribution in [0.5, 0.6) is 5.75 Å². The number of benzene rings is 2. The number of para-hydroxylation sites is 1. The lowest BCUT2D eigenvalue weighted by molar-refractivity contribution is -0.133. The van der Waals surface area contributed by atoms with E-state index in [4.69, 9.17) is 9.47 Å². The SMILES string of the molecule is CC.CC.CC(C)(COC=O)Oc1ccc(NC(=O)Nc2ccccc2)cc1. The van der Waals surface area contributed by atoms with Crippen LogP contribution in [0.15, 0.2) is 54.6 Å². The van der Waals surface area contributed by atoms with Crippen molar-refractivity contribution in [1.82, 2.24) is 0 Å². The molecule has 0 aliphatic heterocycles. The minimum atomic E-state index is -0.638. The molecule has 2 amide bonds. The molecule has 2 N–H and O–H groups in total. The van der Waals surface area contributed by atoms with Gasteiger partial charge in [0.1, 0.15) is 18.0 Å². The molecule has 28 heavy (non-hydrogen) atoms. The van der Waals surface area contributed by atoms with Gasteiger partial charge in [0.25, 0.3) is 6.47 Å². The van der Waals surface area contributed by atoms with Gasteiger partial charge >= 0.3 is 6.03 Å². The minimum absolute atomic E-state index is 0.149. The summed E-state index contributed by atoms with van der Waals surface area (Å²) in [5.41, 5.74) is 0.713. The van der Waals surface area contributed by atoms with Crippen LogP contribution < -0.4 is 15.4 Å². The third kappa shape index (κ3) is 10.2. The summed E-state index contributed by atoms with van der Waals surface area (Å²) in [6.45, 7) is 12.2. The fourth-order valence-electron chi connectivity index (χ4n) is 2.00. The molecular formula is C22H32N2O4. The second-order valence-corrected chi connectivity index (χ2v) is 5.74. The number of rotatable bonds is 7. The first kappa shape index (κ1) is 25.0. The van der Waals surface area contributed by atoms with Crippen molar-refractivity contribution < 1.29 is 19.1 Å². The van der Waals surface area contributed by atoms with E-state index >= 15 is 0 Å². The van der Waals surface area contributed by atoms with E-state index in [-0.39, 0.29) is 12.6 Å². The number of urea groups is 1. The molecule has 0 unspecified atom stereocenters. The first-order valence-corrected chi connectivity index (χ1v) is 9.46. The quantitative estimate of drug-likeness (QED) is 0.595. The molecule has 0 atom stereocenters. The summed E-state index contributed by atoms with van der Waals surface area (Å²) < 4.78 is 10.5. The smallest absolute Gasteiger partial charge is 0.323 e. The van der Waals surface area contributed by atoms with Crippen LogP contribution in [0.25, 0.3) is 0 Å². The Kier molecular flexibility index (Phi) is 12.6. The highest BCUT2D eigenvalue weighted by Crippen LogP contribution is 2.21. The van der Waals surface area contributed by atoms with E-state index in [0.29, 0.717) is 23.6 Å². The molecule has 0 saturated heterocycles. The standard InChI is InChI=1S/C18H20N2O4.2C2H6/c1-18(2,12-23-13-21)24-16-10-8-15(9-11-16)20-17(22)19-14-6-4-3-5-7-14;2*1-2/h3-11,13H,12H2,1-2H3,(H2,19,20,22);2*1-2H3. The predicted octanol–water partition coefficient (Wildman–Crippen LogP) is 5.71. The van der Waals surface area contributed by atoms with Gasteiger partial charge in [-0.25, -0.2) is 4.79 Å². The summed E-state index contributed by atoms with van der Waals surface area (Å²) in [6, 6.07) is 15.8. The Morgan fingerprint density at radius 3 is 1.89 bits per heavy atom. The van der Waals surface area contributed by atoms with E-state index in [1.807, 2.05) is 59.7 Å². The van der Waals surface area contributed by atoms with Crippen molar-refractivity contribution in [2.75, 3.05) is 17.2 Å². The van der Waals surface area contributed by atoms with E-state index in [2.05, 4.69) is 10.6 Å². The van der Waals surface area contributed by atoms with Crippen LogP contribution in [0.2, 0.25) is 0 Å². The van der Waals surface area contributed by atoms with Gasteiger partial charge in [-0.3, -0.25) is 4.79 Å². The van der Waals surface area contributed by atoms with Gasteiger partial charge in [0, 0.05) is 11.4 Å². The van der Waals surface area contributed by atoms with Crippen molar-refractivity contribution in [3.63, 3.8) is 0 Å². The van der Waals surface area contributed by atoms with Crippen LogP contribution in [-0.4, -0.2) is 24.7 Å². The van der Waals surface area contributed by atoms with Crippen molar-refractivity contribution in [2.45, 2.75) is 47.1 Å². The Morgan fingerprint density at radius 1 is 0.893 bits per heavy atom. The van der Waals surface area contributed by atoms with Gasteiger partial charge in [-0.15, -0.1) is 0 Å². The Bertz CT molecular complexity index is 671. The van der Waals surface area contributed by atoms with Gasteiger partial charge in [-0.05, 0) is 50.2 Å². The lowest BCUT2D eigenvalue weighted by Gasteiger charge is -2.25. The number of hydrogen-bond donors (Lipinski definition) is 2. The first-order chi connectivity index (χ1) is 13.5. The number of amides is 2. The van der Waals surface area contributed by atoms with Crippen LogP contribution in [0, 0.1) is 0 Å². The molecule has 0 aliphatic rings. The van der Waals surface area contributed by atoms with Crippen molar-refractivity contribution in [3.8, 4) is 5.75 Å². The topological polar surface area (TPSA) is 76.7 Å². The van der Waals surface area contributed by atoms with E-state index in [1.165, 1.54) is 0 Å². The molecule has 0 bridgehead atoms. The summed E-state index contributed by atoms with van der Waals surface area (Å²) in [7, 11) is 0. The Labute approximate surface area is 168 Å². The second kappa shape index (κ2) is 14.1. The van der Waals surface area contributed by atoms with Gasteiger partial charge < -0.3 is 20.1 Å². The molecule has 0 spiro atoms. The number of ether oxygens (including phenoxy) is 2. The van der Waals surface area contributed by atoms with E-state index in [1.54, 1.807) is 36.4 Å². The van der Waals surface area contributed by atoms with Crippen molar-refractivity contribution in [2.24, 2.45) is 0 Å². The summed E-state index contributed by atoms with van der Waals surface area (Å²) in [4.78, 5) is 22.2. The summed E-state index contributed by atoms with van der Waals surface area (Å²) >= 11 is 0. The number of anilines is 2. The van der Waals surface area contributed by atoms with Crippen molar-refractivity contribution >= 4 is 23.9 Å². The van der Waals surface area contributed by atoms with Crippen LogP contribution in [-0.2, 0) is 9.53 Å². The lowest BCUT2D eigenvalue weighted by Crippen LogP contribution is -2.33. The van der Waals surface area contributed by atoms with Crippen LogP contribution in [0.1, 0.15) is 41.5 Å². The van der Waals surface area contributed by atoms with Crippen molar-refractivity contribution in [1.29, 1.82) is 0 Å². The van der Waals surface area contributed by atoms with Gasteiger partial charge in [-0.2, -0.15) is 0 Å². The number of nitrogens with one attached hydrogen (secondary N) is 2. The number of hydrogen-bond acceptors (Lipinski definition) is 4. The number of carbonyl (C=O) groups excluding carboxylic acids is 2. The highest BCUT2D eigenvalue weighted by molar-refractivity contribution is 5.99. The summed E-state index contributed by atoms with van der Waals surface area (Å²) in [5, 5.41) is 5.47. The fraction of sp³-hybridized carbons (Fsp3) is 0.364. The Balaban J connectivity index is 0.00000171. The second-order valence-electron chi connectivity index (χ2n) is 5.74. The Hall–Kier alpha value is -3.02. The van der Waals surface area contributed by atoms with E-state index in [9.17, 15) is 9.59 Å². The van der Waals surface area contributed by atoms with Gasteiger partial charge in [-0.1, -0.05) is 45.9 Å². The third-order valence-electron chi connectivity index (χ3n) is 3.04.